The van der Waals surface area contributed by atoms with Crippen molar-refractivity contribution in [2.45, 2.75) is 33.0 Å². The van der Waals surface area contributed by atoms with Crippen LogP contribution in [0.3, 0.4) is 0 Å². The summed E-state index contributed by atoms with van der Waals surface area (Å²) in [4.78, 5) is 2.40. The first-order valence-corrected chi connectivity index (χ1v) is 8.03. The van der Waals surface area contributed by atoms with Crippen LogP contribution in [0, 0.1) is 11.8 Å². The molecule has 3 heteroatoms. The fourth-order valence-electron chi connectivity index (χ4n) is 2.04. The smallest absolute Gasteiger partial charge is 0.0642 e. The second-order valence-electron chi connectivity index (χ2n) is 5.61. The second-order valence-corrected chi connectivity index (χ2v) is 6.58. The lowest BCUT2D eigenvalue weighted by molar-refractivity contribution is 0.553. The highest BCUT2D eigenvalue weighted by Crippen LogP contribution is 2.29. The molecule has 0 spiro atoms. The van der Waals surface area contributed by atoms with Crippen molar-refractivity contribution in [2.24, 2.45) is 11.8 Å². The van der Waals surface area contributed by atoms with Gasteiger partial charge in [0.2, 0.25) is 0 Å². The molecule has 0 fully saturated rings. The maximum Gasteiger partial charge on any atom is 0.0642 e. The number of nitrogens with zero attached hydrogens (tertiary/aromatic N) is 1. The van der Waals surface area contributed by atoms with Crippen LogP contribution in [0.2, 0.25) is 5.02 Å². The first kappa shape index (κ1) is 15.8. The van der Waals surface area contributed by atoms with Gasteiger partial charge in [-0.25, -0.2) is 0 Å². The molecule has 1 nitrogen and oxygen atoms in total. The first-order chi connectivity index (χ1) is 8.43. The molecule has 1 aromatic carbocycles. The summed E-state index contributed by atoms with van der Waals surface area (Å²) in [5.41, 5.74) is 2.38. The van der Waals surface area contributed by atoms with Crippen LogP contribution < -0.4 is 4.90 Å². The van der Waals surface area contributed by atoms with Crippen LogP contribution >= 0.6 is 27.5 Å². The van der Waals surface area contributed by atoms with Gasteiger partial charge < -0.3 is 4.90 Å². The fourth-order valence-corrected chi connectivity index (χ4v) is 2.71. The highest BCUT2D eigenvalue weighted by molar-refractivity contribution is 9.08. The highest BCUT2D eigenvalue weighted by Gasteiger charge is 2.13. The molecule has 0 bridgehead atoms. The number of hydrogen-bond donors (Lipinski definition) is 0. The Morgan fingerprint density at radius 2 is 1.67 bits per heavy atom. The molecular formula is C15H23BrClN. The number of benzene rings is 1. The van der Waals surface area contributed by atoms with Crippen LogP contribution in [-0.2, 0) is 5.33 Å². The second kappa shape index (κ2) is 7.40. The predicted molar refractivity (Wildman–Crippen MR) is 86.0 cm³/mol. The van der Waals surface area contributed by atoms with Crippen molar-refractivity contribution in [3.05, 3.63) is 28.8 Å². The number of rotatable bonds is 6. The van der Waals surface area contributed by atoms with Crippen molar-refractivity contribution < 1.29 is 0 Å². The van der Waals surface area contributed by atoms with Crippen LogP contribution in [0.15, 0.2) is 18.2 Å². The van der Waals surface area contributed by atoms with Gasteiger partial charge in [0, 0.05) is 18.4 Å². The van der Waals surface area contributed by atoms with Crippen LogP contribution in [0.1, 0.15) is 33.3 Å². The monoisotopic (exact) mass is 331 g/mol. The number of hydrogen-bond acceptors (Lipinski definition) is 1. The van der Waals surface area contributed by atoms with E-state index in [-0.39, 0.29) is 0 Å². The molecular weight excluding hydrogens is 310 g/mol. The summed E-state index contributed by atoms with van der Waals surface area (Å²) in [5, 5.41) is 1.70. The van der Waals surface area contributed by atoms with Crippen molar-refractivity contribution in [1.82, 2.24) is 0 Å². The molecule has 102 valence electrons. The van der Waals surface area contributed by atoms with E-state index in [2.05, 4.69) is 66.7 Å². The minimum atomic E-state index is 0.635. The number of anilines is 1. The van der Waals surface area contributed by atoms with Crippen LogP contribution in [0.4, 0.5) is 5.69 Å². The summed E-state index contributed by atoms with van der Waals surface area (Å²) in [7, 11) is 0. The van der Waals surface area contributed by atoms with E-state index in [0.29, 0.717) is 11.8 Å². The minimum absolute atomic E-state index is 0.635. The minimum Gasteiger partial charge on any atom is -0.370 e. The lowest BCUT2D eigenvalue weighted by atomic mass is 10.1. The van der Waals surface area contributed by atoms with Crippen molar-refractivity contribution in [3.63, 3.8) is 0 Å². The van der Waals surface area contributed by atoms with Gasteiger partial charge in [0.05, 0.1) is 10.7 Å². The summed E-state index contributed by atoms with van der Waals surface area (Å²) in [5.74, 6) is 1.27. The molecule has 0 saturated carbocycles. The van der Waals surface area contributed by atoms with Crippen molar-refractivity contribution in [2.75, 3.05) is 18.0 Å². The average molecular weight is 333 g/mol. The number of halogens is 2. The Hall–Kier alpha value is -0.210. The molecule has 1 aromatic rings. The van der Waals surface area contributed by atoms with Gasteiger partial charge in [-0.15, -0.1) is 0 Å². The topological polar surface area (TPSA) is 3.24 Å². The molecule has 0 heterocycles. The fraction of sp³-hybridized carbons (Fsp3) is 0.600. The van der Waals surface area contributed by atoms with E-state index in [4.69, 9.17) is 11.6 Å². The third-order valence-electron chi connectivity index (χ3n) is 2.68. The third-order valence-corrected chi connectivity index (χ3v) is 3.63. The molecule has 0 aromatic heterocycles. The average Bonchev–Trinajstić information content (AvgIpc) is 2.26. The Morgan fingerprint density at radius 1 is 1.11 bits per heavy atom. The molecule has 0 aliphatic rings. The molecule has 0 aliphatic heterocycles. The largest absolute Gasteiger partial charge is 0.370 e. The molecule has 0 saturated heterocycles. The Balaban J connectivity index is 2.96. The number of alkyl halides is 1. The normalized spacial score (nSPS) is 11.3. The van der Waals surface area contributed by atoms with Gasteiger partial charge in [0.15, 0.2) is 0 Å². The maximum atomic E-state index is 6.41. The molecule has 0 aliphatic carbocycles. The molecule has 1 rings (SSSR count). The van der Waals surface area contributed by atoms with Crippen molar-refractivity contribution in [3.8, 4) is 0 Å². The Bertz CT molecular complexity index is 367. The summed E-state index contributed by atoms with van der Waals surface area (Å²) in [6.45, 7) is 11.1. The van der Waals surface area contributed by atoms with Crippen molar-refractivity contribution >= 4 is 33.2 Å². The van der Waals surface area contributed by atoms with Crippen molar-refractivity contribution in [1.29, 1.82) is 0 Å². The maximum absolute atomic E-state index is 6.41. The lowest BCUT2D eigenvalue weighted by Gasteiger charge is -2.29. The van der Waals surface area contributed by atoms with E-state index in [1.165, 1.54) is 5.56 Å². The van der Waals surface area contributed by atoms with E-state index in [9.17, 15) is 0 Å². The molecule has 18 heavy (non-hydrogen) atoms. The van der Waals surface area contributed by atoms with E-state index in [0.717, 1.165) is 29.1 Å². The lowest BCUT2D eigenvalue weighted by Crippen LogP contribution is -2.31. The molecule has 0 unspecified atom stereocenters. The summed E-state index contributed by atoms with van der Waals surface area (Å²) in [6.07, 6.45) is 0. The van der Waals surface area contributed by atoms with E-state index >= 15 is 0 Å². The van der Waals surface area contributed by atoms with Gasteiger partial charge in [-0.1, -0.05) is 61.3 Å². The summed E-state index contributed by atoms with van der Waals surface area (Å²) in [6, 6.07) is 6.34. The highest BCUT2D eigenvalue weighted by atomic mass is 79.9. The Labute approximate surface area is 125 Å². The Morgan fingerprint density at radius 3 is 2.06 bits per heavy atom. The van der Waals surface area contributed by atoms with Gasteiger partial charge in [-0.2, -0.15) is 0 Å². The first-order valence-electron chi connectivity index (χ1n) is 6.53. The predicted octanol–water partition coefficient (Wildman–Crippen LogP) is 5.35. The van der Waals surface area contributed by atoms with Crippen LogP contribution in [0.25, 0.3) is 0 Å². The Kier molecular flexibility index (Phi) is 6.51. The van der Waals surface area contributed by atoms with Gasteiger partial charge in [-0.3, -0.25) is 0 Å². The zero-order chi connectivity index (χ0) is 13.7. The molecule has 0 atom stereocenters. The van der Waals surface area contributed by atoms with Gasteiger partial charge in [0.25, 0.3) is 0 Å². The molecule has 0 amide bonds. The molecule has 0 N–H and O–H groups in total. The van der Waals surface area contributed by atoms with E-state index in [1.807, 2.05) is 0 Å². The third kappa shape index (κ3) is 4.81. The van der Waals surface area contributed by atoms with Crippen LogP contribution in [-0.4, -0.2) is 13.1 Å². The standard InChI is InChI=1S/C15H23BrClN/c1-11(2)9-18(10-12(3)4)15-6-5-13(8-16)7-14(15)17/h5-7,11-12H,8-10H2,1-4H3. The summed E-state index contributed by atoms with van der Waals surface area (Å²) >= 11 is 9.87. The van der Waals surface area contributed by atoms with E-state index in [1.54, 1.807) is 0 Å². The quantitative estimate of drug-likeness (QED) is 0.634. The van der Waals surface area contributed by atoms with E-state index < -0.39 is 0 Å². The van der Waals surface area contributed by atoms with Gasteiger partial charge in [-0.05, 0) is 29.5 Å². The zero-order valence-corrected chi connectivity index (χ0v) is 14.1. The SMILES string of the molecule is CC(C)CN(CC(C)C)c1ccc(CBr)cc1Cl. The molecule has 0 radical (unpaired) electrons. The van der Waals surface area contributed by atoms with Gasteiger partial charge in [0.1, 0.15) is 0 Å². The summed E-state index contributed by atoms with van der Waals surface area (Å²) < 4.78 is 0. The van der Waals surface area contributed by atoms with Gasteiger partial charge >= 0.3 is 0 Å². The zero-order valence-electron chi connectivity index (χ0n) is 11.7. The van der Waals surface area contributed by atoms with Crippen LogP contribution in [0.5, 0.6) is 0 Å².